The number of carboxylic acid groups (broad SMARTS) is 1. The number of nitrogens with zero attached hydrogens (tertiary/aromatic N) is 1. The second kappa shape index (κ2) is 6.16. The van der Waals surface area contributed by atoms with E-state index in [1.165, 1.54) is 4.90 Å². The third-order valence-corrected chi connectivity index (χ3v) is 4.61. The van der Waals surface area contributed by atoms with Gasteiger partial charge < -0.3 is 10.0 Å². The van der Waals surface area contributed by atoms with E-state index in [0.29, 0.717) is 25.2 Å². The molecule has 126 valence electrons. The van der Waals surface area contributed by atoms with Crippen LogP contribution in [-0.4, -0.2) is 37.3 Å². The van der Waals surface area contributed by atoms with Gasteiger partial charge >= 0.3 is 6.09 Å². The molecule has 0 unspecified atom stereocenters. The van der Waals surface area contributed by atoms with Gasteiger partial charge in [-0.25, -0.2) is 13.2 Å². The van der Waals surface area contributed by atoms with Crippen LogP contribution in [0.25, 0.3) is 11.1 Å². The lowest BCUT2D eigenvalue weighted by Gasteiger charge is -2.27. The number of anilines is 1. The zero-order valence-electron chi connectivity index (χ0n) is 13.2. The summed E-state index contributed by atoms with van der Waals surface area (Å²) in [4.78, 5) is 12.5. The lowest BCUT2D eigenvalue weighted by atomic mass is 9.94. The minimum atomic E-state index is -3.36. The van der Waals surface area contributed by atoms with Gasteiger partial charge in [0.2, 0.25) is 10.0 Å². The van der Waals surface area contributed by atoms with Crippen LogP contribution < -0.4 is 4.72 Å². The molecule has 24 heavy (non-hydrogen) atoms. The lowest BCUT2D eigenvalue weighted by Crippen LogP contribution is -2.34. The fourth-order valence-electron chi connectivity index (χ4n) is 2.91. The Kier molecular flexibility index (Phi) is 4.19. The number of nitrogens with one attached hydrogen (secondary N) is 1. The molecule has 0 radical (unpaired) electrons. The van der Waals surface area contributed by atoms with Gasteiger partial charge in [-0.3, -0.25) is 4.72 Å². The smallest absolute Gasteiger partial charge is 0.407 e. The number of para-hydroxylation sites is 1. The van der Waals surface area contributed by atoms with Gasteiger partial charge in [0, 0.05) is 18.7 Å². The molecule has 7 heteroatoms. The van der Waals surface area contributed by atoms with Crippen LogP contribution in [-0.2, 0) is 23.0 Å². The Morgan fingerprint density at radius 2 is 1.92 bits per heavy atom. The van der Waals surface area contributed by atoms with Crippen LogP contribution in [0.5, 0.6) is 0 Å². The van der Waals surface area contributed by atoms with E-state index in [1.807, 2.05) is 30.3 Å². The average molecular weight is 346 g/mol. The Balaban J connectivity index is 1.97. The molecule has 1 aliphatic rings. The highest BCUT2D eigenvalue weighted by Crippen LogP contribution is 2.31. The van der Waals surface area contributed by atoms with Crippen molar-refractivity contribution in [1.29, 1.82) is 0 Å². The van der Waals surface area contributed by atoms with Crippen molar-refractivity contribution in [3.8, 4) is 11.1 Å². The Hall–Kier alpha value is -2.54. The SMILES string of the molecule is CS(=O)(=O)Nc1ccccc1-c1ccc2c(c1)CCN(C(=O)O)C2. The van der Waals surface area contributed by atoms with E-state index in [4.69, 9.17) is 5.11 Å². The van der Waals surface area contributed by atoms with Gasteiger partial charge in [-0.1, -0.05) is 36.4 Å². The van der Waals surface area contributed by atoms with E-state index < -0.39 is 16.1 Å². The molecule has 0 aromatic heterocycles. The highest BCUT2D eigenvalue weighted by atomic mass is 32.2. The van der Waals surface area contributed by atoms with Crippen LogP contribution in [0, 0.1) is 0 Å². The Bertz CT molecular complexity index is 893. The standard InChI is InChI=1S/C17H18N2O4S/c1-24(22,23)18-16-5-3-2-4-15(16)13-6-7-14-11-19(17(20)21)9-8-12(14)10-13/h2-7,10,18H,8-9,11H2,1H3,(H,20,21). The van der Waals surface area contributed by atoms with Gasteiger partial charge in [0.05, 0.1) is 11.9 Å². The van der Waals surface area contributed by atoms with Gasteiger partial charge in [0.25, 0.3) is 0 Å². The Morgan fingerprint density at radius 1 is 1.17 bits per heavy atom. The van der Waals surface area contributed by atoms with Crippen molar-refractivity contribution in [2.75, 3.05) is 17.5 Å². The average Bonchev–Trinajstić information content (AvgIpc) is 2.53. The first kappa shape index (κ1) is 16.3. The fourth-order valence-corrected chi connectivity index (χ4v) is 3.48. The Labute approximate surface area is 140 Å². The molecule has 2 N–H and O–H groups in total. The lowest BCUT2D eigenvalue weighted by molar-refractivity contribution is 0.140. The first-order valence-corrected chi connectivity index (χ1v) is 9.39. The summed E-state index contributed by atoms with van der Waals surface area (Å²) in [6.45, 7) is 0.850. The van der Waals surface area contributed by atoms with Crippen LogP contribution in [0.2, 0.25) is 0 Å². The molecule has 0 saturated heterocycles. The number of sulfonamides is 1. The van der Waals surface area contributed by atoms with Crippen molar-refractivity contribution >= 4 is 21.8 Å². The van der Waals surface area contributed by atoms with Gasteiger partial charge in [-0.15, -0.1) is 0 Å². The quantitative estimate of drug-likeness (QED) is 0.895. The maximum atomic E-state index is 11.5. The first-order valence-electron chi connectivity index (χ1n) is 7.50. The van der Waals surface area contributed by atoms with Crippen LogP contribution in [0.4, 0.5) is 10.5 Å². The van der Waals surface area contributed by atoms with Gasteiger partial charge in [-0.05, 0) is 29.2 Å². The molecule has 0 spiro atoms. The molecule has 0 bridgehead atoms. The van der Waals surface area contributed by atoms with E-state index in [2.05, 4.69) is 4.72 Å². The fraction of sp³-hybridized carbons (Fsp3) is 0.235. The molecule has 2 aromatic carbocycles. The van der Waals surface area contributed by atoms with E-state index in [-0.39, 0.29) is 0 Å². The van der Waals surface area contributed by atoms with Crippen molar-refractivity contribution in [3.63, 3.8) is 0 Å². The number of rotatable bonds is 3. The van der Waals surface area contributed by atoms with Crippen molar-refractivity contribution in [2.45, 2.75) is 13.0 Å². The third-order valence-electron chi connectivity index (χ3n) is 4.02. The molecule has 0 aliphatic carbocycles. The summed E-state index contributed by atoms with van der Waals surface area (Å²) in [5, 5.41) is 9.10. The number of hydrogen-bond donors (Lipinski definition) is 2. The van der Waals surface area contributed by atoms with Gasteiger partial charge in [0.15, 0.2) is 0 Å². The predicted molar refractivity (Wildman–Crippen MR) is 92.5 cm³/mol. The van der Waals surface area contributed by atoms with E-state index in [0.717, 1.165) is 28.5 Å². The molecular weight excluding hydrogens is 328 g/mol. The molecule has 3 rings (SSSR count). The second-order valence-electron chi connectivity index (χ2n) is 5.86. The number of benzene rings is 2. The topological polar surface area (TPSA) is 86.7 Å². The molecule has 0 saturated carbocycles. The monoisotopic (exact) mass is 346 g/mol. The largest absolute Gasteiger partial charge is 0.465 e. The zero-order valence-corrected chi connectivity index (χ0v) is 14.0. The molecule has 0 fully saturated rings. The molecular formula is C17H18N2O4S. The summed E-state index contributed by atoms with van der Waals surface area (Å²) < 4.78 is 25.6. The van der Waals surface area contributed by atoms with Crippen LogP contribution in [0.15, 0.2) is 42.5 Å². The Morgan fingerprint density at radius 3 is 2.62 bits per heavy atom. The van der Waals surface area contributed by atoms with E-state index >= 15 is 0 Å². The third kappa shape index (κ3) is 3.51. The summed E-state index contributed by atoms with van der Waals surface area (Å²) >= 11 is 0. The molecule has 0 atom stereocenters. The second-order valence-corrected chi connectivity index (χ2v) is 7.61. The zero-order chi connectivity index (χ0) is 17.3. The predicted octanol–water partition coefficient (Wildman–Crippen LogP) is 2.76. The summed E-state index contributed by atoms with van der Waals surface area (Å²) in [6, 6.07) is 13.0. The summed E-state index contributed by atoms with van der Waals surface area (Å²) in [5.74, 6) is 0. The summed E-state index contributed by atoms with van der Waals surface area (Å²) in [5.41, 5.74) is 4.32. The summed E-state index contributed by atoms with van der Waals surface area (Å²) in [6.07, 6.45) is 0.862. The van der Waals surface area contributed by atoms with Gasteiger partial charge in [-0.2, -0.15) is 0 Å². The highest BCUT2D eigenvalue weighted by Gasteiger charge is 2.20. The molecule has 6 nitrogen and oxygen atoms in total. The minimum absolute atomic E-state index is 0.383. The van der Waals surface area contributed by atoms with Crippen LogP contribution in [0.1, 0.15) is 11.1 Å². The van der Waals surface area contributed by atoms with Crippen molar-refractivity contribution in [2.24, 2.45) is 0 Å². The first-order chi connectivity index (χ1) is 11.3. The summed E-state index contributed by atoms with van der Waals surface area (Å²) in [7, 11) is -3.36. The number of fused-ring (bicyclic) bond motifs is 1. The number of carbonyl (C=O) groups is 1. The van der Waals surface area contributed by atoms with E-state index in [1.54, 1.807) is 12.1 Å². The van der Waals surface area contributed by atoms with Crippen molar-refractivity contribution in [3.05, 3.63) is 53.6 Å². The number of amides is 1. The van der Waals surface area contributed by atoms with Crippen molar-refractivity contribution < 1.29 is 18.3 Å². The molecule has 1 heterocycles. The molecule has 1 aliphatic heterocycles. The highest BCUT2D eigenvalue weighted by molar-refractivity contribution is 7.92. The normalized spacial score (nSPS) is 14.1. The molecule has 1 amide bonds. The van der Waals surface area contributed by atoms with Crippen molar-refractivity contribution in [1.82, 2.24) is 4.90 Å². The van der Waals surface area contributed by atoms with Crippen LogP contribution >= 0.6 is 0 Å². The number of hydrogen-bond acceptors (Lipinski definition) is 3. The maximum Gasteiger partial charge on any atom is 0.407 e. The minimum Gasteiger partial charge on any atom is -0.465 e. The maximum absolute atomic E-state index is 11.5. The molecule has 2 aromatic rings. The van der Waals surface area contributed by atoms with Gasteiger partial charge in [0.1, 0.15) is 0 Å². The van der Waals surface area contributed by atoms with E-state index in [9.17, 15) is 13.2 Å². The van der Waals surface area contributed by atoms with Crippen LogP contribution in [0.3, 0.4) is 0 Å².